The fraction of sp³-hybridized carbons (Fsp3) is 0.700. The van der Waals surface area contributed by atoms with E-state index in [-0.39, 0.29) is 0 Å². The first kappa shape index (κ1) is 9.52. The van der Waals surface area contributed by atoms with Gasteiger partial charge < -0.3 is 9.47 Å². The van der Waals surface area contributed by atoms with Crippen LogP contribution in [0.3, 0.4) is 0 Å². The van der Waals surface area contributed by atoms with Crippen LogP contribution < -0.4 is 5.32 Å². The van der Waals surface area contributed by atoms with Gasteiger partial charge in [0.15, 0.2) is 0 Å². The molecule has 4 heteroatoms. The zero-order chi connectivity index (χ0) is 9.97. The molecule has 14 heavy (non-hydrogen) atoms. The molecule has 1 amide bonds. The van der Waals surface area contributed by atoms with E-state index in [4.69, 9.17) is 9.47 Å². The predicted octanol–water partition coefficient (Wildman–Crippen LogP) is 1.42. The van der Waals surface area contributed by atoms with Crippen LogP contribution in [0.1, 0.15) is 19.3 Å². The van der Waals surface area contributed by atoms with Crippen LogP contribution in [0.2, 0.25) is 0 Å². The SMILES string of the molecule is C=CNC(=O)OCC1CCC2OC2C1. The summed E-state index contributed by atoms with van der Waals surface area (Å²) in [6.07, 6.45) is 5.10. The molecule has 1 N–H and O–H groups in total. The van der Waals surface area contributed by atoms with E-state index < -0.39 is 6.09 Å². The summed E-state index contributed by atoms with van der Waals surface area (Å²) in [6.45, 7) is 3.87. The molecule has 1 heterocycles. The smallest absolute Gasteiger partial charge is 0.411 e. The lowest BCUT2D eigenvalue weighted by molar-refractivity contribution is 0.121. The summed E-state index contributed by atoms with van der Waals surface area (Å²) in [5, 5.41) is 2.38. The minimum Gasteiger partial charge on any atom is -0.449 e. The van der Waals surface area contributed by atoms with E-state index in [1.54, 1.807) is 0 Å². The molecule has 2 rings (SSSR count). The Morgan fingerprint density at radius 2 is 2.43 bits per heavy atom. The number of epoxide rings is 1. The second-order valence-electron chi connectivity index (χ2n) is 3.84. The molecular formula is C10H15NO3. The maximum Gasteiger partial charge on any atom is 0.411 e. The van der Waals surface area contributed by atoms with Gasteiger partial charge >= 0.3 is 6.09 Å². The molecule has 3 atom stereocenters. The van der Waals surface area contributed by atoms with Crippen molar-refractivity contribution in [2.75, 3.05) is 6.61 Å². The summed E-state index contributed by atoms with van der Waals surface area (Å²) >= 11 is 0. The molecule has 2 aliphatic rings. The number of alkyl carbamates (subject to hydrolysis) is 1. The highest BCUT2D eigenvalue weighted by Gasteiger charge is 2.43. The van der Waals surface area contributed by atoms with Crippen molar-refractivity contribution in [3.8, 4) is 0 Å². The molecule has 0 spiro atoms. The van der Waals surface area contributed by atoms with Crippen LogP contribution in [0.15, 0.2) is 12.8 Å². The molecule has 1 aliphatic heterocycles. The van der Waals surface area contributed by atoms with Gasteiger partial charge in [-0.15, -0.1) is 0 Å². The van der Waals surface area contributed by atoms with E-state index in [1.165, 1.54) is 6.20 Å². The van der Waals surface area contributed by atoms with Gasteiger partial charge in [0, 0.05) is 0 Å². The number of nitrogens with one attached hydrogen (secondary N) is 1. The summed E-state index contributed by atoms with van der Waals surface area (Å²) in [4.78, 5) is 10.9. The number of amides is 1. The summed E-state index contributed by atoms with van der Waals surface area (Å²) in [7, 11) is 0. The van der Waals surface area contributed by atoms with E-state index in [1.807, 2.05) is 0 Å². The molecule has 0 aromatic rings. The fourth-order valence-electron chi connectivity index (χ4n) is 1.96. The van der Waals surface area contributed by atoms with E-state index >= 15 is 0 Å². The molecule has 4 nitrogen and oxygen atoms in total. The number of rotatable bonds is 3. The van der Waals surface area contributed by atoms with Gasteiger partial charge in [-0.25, -0.2) is 4.79 Å². The van der Waals surface area contributed by atoms with Gasteiger partial charge in [0.2, 0.25) is 0 Å². The third kappa shape index (κ3) is 2.26. The quantitative estimate of drug-likeness (QED) is 0.696. The van der Waals surface area contributed by atoms with Crippen molar-refractivity contribution in [3.05, 3.63) is 12.8 Å². The highest BCUT2D eigenvalue weighted by Crippen LogP contribution is 2.39. The van der Waals surface area contributed by atoms with Gasteiger partial charge in [0.05, 0.1) is 18.8 Å². The first-order valence-corrected chi connectivity index (χ1v) is 4.99. The van der Waals surface area contributed by atoms with Crippen LogP contribution in [0, 0.1) is 5.92 Å². The molecule has 1 aliphatic carbocycles. The minimum absolute atomic E-state index is 0.418. The monoisotopic (exact) mass is 197 g/mol. The molecule has 0 radical (unpaired) electrons. The van der Waals surface area contributed by atoms with Crippen LogP contribution in [0.4, 0.5) is 4.79 Å². The zero-order valence-electron chi connectivity index (χ0n) is 8.07. The summed E-state index contributed by atoms with van der Waals surface area (Å²) in [5.74, 6) is 0.467. The molecule has 1 saturated heterocycles. The van der Waals surface area contributed by atoms with Gasteiger partial charge in [-0.3, -0.25) is 5.32 Å². The molecule has 2 fully saturated rings. The van der Waals surface area contributed by atoms with E-state index in [9.17, 15) is 4.79 Å². The summed E-state index contributed by atoms with van der Waals surface area (Å²) in [5.41, 5.74) is 0. The maximum absolute atomic E-state index is 10.9. The third-order valence-electron chi connectivity index (χ3n) is 2.78. The van der Waals surface area contributed by atoms with E-state index in [0.717, 1.165) is 19.3 Å². The van der Waals surface area contributed by atoms with Crippen molar-refractivity contribution in [2.24, 2.45) is 5.92 Å². The Kier molecular flexibility index (Phi) is 2.72. The number of carbonyl (C=O) groups excluding carboxylic acids is 1. The Labute approximate surface area is 83.3 Å². The van der Waals surface area contributed by atoms with Gasteiger partial charge in [0.1, 0.15) is 0 Å². The Hall–Kier alpha value is -1.03. The Bertz CT molecular complexity index is 242. The van der Waals surface area contributed by atoms with Crippen LogP contribution in [0.5, 0.6) is 0 Å². The Morgan fingerprint density at radius 3 is 3.14 bits per heavy atom. The molecular weight excluding hydrogens is 182 g/mol. The first-order valence-electron chi connectivity index (χ1n) is 4.99. The predicted molar refractivity (Wildman–Crippen MR) is 50.7 cm³/mol. The van der Waals surface area contributed by atoms with Crippen molar-refractivity contribution in [2.45, 2.75) is 31.5 Å². The molecule has 3 unspecified atom stereocenters. The molecule has 0 aromatic carbocycles. The Balaban J connectivity index is 1.64. The number of fused-ring (bicyclic) bond motifs is 1. The largest absolute Gasteiger partial charge is 0.449 e. The molecule has 0 aromatic heterocycles. The van der Waals surface area contributed by atoms with Crippen molar-refractivity contribution >= 4 is 6.09 Å². The van der Waals surface area contributed by atoms with Crippen molar-refractivity contribution in [3.63, 3.8) is 0 Å². The summed E-state index contributed by atoms with van der Waals surface area (Å²) in [6, 6.07) is 0. The van der Waals surface area contributed by atoms with Crippen LogP contribution in [-0.4, -0.2) is 24.9 Å². The average Bonchev–Trinajstić information content (AvgIpc) is 2.93. The highest BCUT2D eigenvalue weighted by molar-refractivity contribution is 5.68. The lowest BCUT2D eigenvalue weighted by atomic mass is 9.90. The lowest BCUT2D eigenvalue weighted by Crippen LogP contribution is -2.24. The van der Waals surface area contributed by atoms with Crippen molar-refractivity contribution in [1.82, 2.24) is 5.32 Å². The average molecular weight is 197 g/mol. The van der Waals surface area contributed by atoms with Gasteiger partial charge in [-0.05, 0) is 31.4 Å². The van der Waals surface area contributed by atoms with Gasteiger partial charge in [0.25, 0.3) is 0 Å². The lowest BCUT2D eigenvalue weighted by Gasteiger charge is -2.18. The molecule has 0 bridgehead atoms. The maximum atomic E-state index is 10.9. The fourth-order valence-corrected chi connectivity index (χ4v) is 1.96. The number of carbonyl (C=O) groups is 1. The van der Waals surface area contributed by atoms with Crippen LogP contribution in [0.25, 0.3) is 0 Å². The molecule has 78 valence electrons. The van der Waals surface area contributed by atoms with E-state index in [2.05, 4.69) is 11.9 Å². The van der Waals surface area contributed by atoms with Gasteiger partial charge in [-0.1, -0.05) is 6.58 Å². The van der Waals surface area contributed by atoms with Crippen LogP contribution >= 0.6 is 0 Å². The summed E-state index contributed by atoms with van der Waals surface area (Å²) < 4.78 is 10.4. The van der Waals surface area contributed by atoms with Gasteiger partial charge in [-0.2, -0.15) is 0 Å². The highest BCUT2D eigenvalue weighted by atomic mass is 16.6. The Morgan fingerprint density at radius 1 is 1.57 bits per heavy atom. The first-order chi connectivity index (χ1) is 6.79. The second-order valence-corrected chi connectivity index (χ2v) is 3.84. The number of hydrogen-bond donors (Lipinski definition) is 1. The number of ether oxygens (including phenoxy) is 2. The van der Waals surface area contributed by atoms with Crippen molar-refractivity contribution < 1.29 is 14.3 Å². The second kappa shape index (κ2) is 4.00. The standard InChI is InChI=1S/C10H15NO3/c1-2-11-10(12)13-6-7-3-4-8-9(5-7)14-8/h2,7-9H,1,3-6H2,(H,11,12). The topological polar surface area (TPSA) is 50.9 Å². The molecule has 1 saturated carbocycles. The van der Waals surface area contributed by atoms with Crippen LogP contribution in [-0.2, 0) is 9.47 Å². The third-order valence-corrected chi connectivity index (χ3v) is 2.78. The normalized spacial score (nSPS) is 34.1. The minimum atomic E-state index is -0.418. The van der Waals surface area contributed by atoms with Crippen molar-refractivity contribution in [1.29, 1.82) is 0 Å². The zero-order valence-corrected chi connectivity index (χ0v) is 8.07. The number of hydrogen-bond acceptors (Lipinski definition) is 3. The van der Waals surface area contributed by atoms with E-state index in [0.29, 0.717) is 24.7 Å².